The van der Waals surface area contributed by atoms with Crippen molar-refractivity contribution in [3.05, 3.63) is 35.9 Å². The summed E-state index contributed by atoms with van der Waals surface area (Å²) in [7, 11) is 1.21. The van der Waals surface area contributed by atoms with Crippen LogP contribution >= 0.6 is 24.2 Å². The topological polar surface area (TPSA) is 111 Å². The smallest absolute Gasteiger partial charge is 0.441 e. The molecule has 1 aromatic carbocycles. The second-order valence-corrected chi connectivity index (χ2v) is 8.81. The van der Waals surface area contributed by atoms with Crippen molar-refractivity contribution < 1.29 is 32.3 Å². The van der Waals surface area contributed by atoms with Crippen LogP contribution in [-0.4, -0.2) is 54.3 Å². The third-order valence-electron chi connectivity index (χ3n) is 4.46. The Bertz CT molecular complexity index is 754. The van der Waals surface area contributed by atoms with Gasteiger partial charge in [0.05, 0.1) is 13.2 Å². The maximum atomic E-state index is 12.9. The number of methoxy groups -OCH3 is 1. The molecule has 1 rings (SSSR count). The van der Waals surface area contributed by atoms with Gasteiger partial charge in [-0.15, -0.1) is 12.4 Å². The van der Waals surface area contributed by atoms with Gasteiger partial charge < -0.3 is 21.1 Å². The van der Waals surface area contributed by atoms with E-state index in [1.807, 2.05) is 19.9 Å². The average molecular weight is 514 g/mol. The van der Waals surface area contributed by atoms with E-state index >= 15 is 0 Å². The van der Waals surface area contributed by atoms with E-state index in [0.29, 0.717) is 0 Å². The highest BCUT2D eigenvalue weighted by Gasteiger charge is 2.31. The molecule has 0 saturated heterocycles. The first-order valence-corrected chi connectivity index (χ1v) is 11.1. The van der Waals surface area contributed by atoms with Crippen LogP contribution in [0.1, 0.15) is 32.3 Å². The molecule has 2 amide bonds. The Balaban J connectivity index is 0.0000102. The summed E-state index contributed by atoms with van der Waals surface area (Å²) in [6.07, 6.45) is 0.238. The fraction of sp³-hybridized carbons (Fsp3) is 0.571. The predicted octanol–water partition coefficient (Wildman–Crippen LogP) is 2.81. The first kappa shape index (κ1) is 31.0. The zero-order chi connectivity index (χ0) is 24.3. The minimum absolute atomic E-state index is 0. The fourth-order valence-electron chi connectivity index (χ4n) is 2.87. The van der Waals surface area contributed by atoms with E-state index in [2.05, 4.69) is 10.6 Å². The monoisotopic (exact) mass is 513 g/mol. The Morgan fingerprint density at radius 2 is 1.64 bits per heavy atom. The number of nitrogens with one attached hydrogen (secondary N) is 2. The van der Waals surface area contributed by atoms with Crippen LogP contribution in [0.5, 0.6) is 0 Å². The average Bonchev–Trinajstić information content (AvgIpc) is 2.71. The molecule has 4 N–H and O–H groups in total. The SMILES string of the molecule is COC(=O)[C@H](Cc1ccccc1)NC(=O)[C@H](CC(C)C)NC(=O)C(N)CCSC(F)(F)F.Cl. The molecule has 0 saturated carbocycles. The van der Waals surface area contributed by atoms with Gasteiger partial charge in [-0.2, -0.15) is 13.2 Å². The Morgan fingerprint density at radius 3 is 2.15 bits per heavy atom. The van der Waals surface area contributed by atoms with Crippen LogP contribution in [0.2, 0.25) is 0 Å². The number of carbonyl (C=O) groups excluding carboxylic acids is 3. The minimum Gasteiger partial charge on any atom is -0.467 e. The van der Waals surface area contributed by atoms with Crippen molar-refractivity contribution >= 4 is 42.0 Å². The van der Waals surface area contributed by atoms with Crippen LogP contribution in [0, 0.1) is 5.92 Å². The number of nitrogens with two attached hydrogens (primary N) is 1. The number of amides is 2. The van der Waals surface area contributed by atoms with Crippen LogP contribution < -0.4 is 16.4 Å². The van der Waals surface area contributed by atoms with Gasteiger partial charge >= 0.3 is 11.5 Å². The summed E-state index contributed by atoms with van der Waals surface area (Å²) in [6, 6.07) is 5.83. The zero-order valence-electron chi connectivity index (χ0n) is 18.7. The second-order valence-electron chi connectivity index (χ2n) is 7.65. The Labute approximate surface area is 202 Å². The van der Waals surface area contributed by atoms with E-state index in [0.717, 1.165) is 5.56 Å². The number of hydrogen-bond acceptors (Lipinski definition) is 6. The van der Waals surface area contributed by atoms with Gasteiger partial charge in [0, 0.05) is 12.2 Å². The van der Waals surface area contributed by atoms with Crippen molar-refractivity contribution in [2.75, 3.05) is 12.9 Å². The third kappa shape index (κ3) is 12.7. The molecule has 0 aromatic heterocycles. The summed E-state index contributed by atoms with van der Waals surface area (Å²) in [5.74, 6) is -2.34. The molecule has 12 heteroatoms. The lowest BCUT2D eigenvalue weighted by Crippen LogP contribution is -2.55. The first-order chi connectivity index (χ1) is 14.9. The van der Waals surface area contributed by atoms with Gasteiger partial charge in [-0.3, -0.25) is 9.59 Å². The van der Waals surface area contributed by atoms with E-state index in [1.165, 1.54) is 7.11 Å². The van der Waals surface area contributed by atoms with Gasteiger partial charge in [0.25, 0.3) is 0 Å². The highest BCUT2D eigenvalue weighted by molar-refractivity contribution is 8.00. The lowest BCUT2D eigenvalue weighted by molar-refractivity contribution is -0.145. The molecule has 0 spiro atoms. The number of ether oxygens (including phenoxy) is 1. The minimum atomic E-state index is -4.40. The van der Waals surface area contributed by atoms with Gasteiger partial charge in [-0.05, 0) is 24.3 Å². The molecule has 7 nitrogen and oxygen atoms in total. The number of rotatable bonds is 12. The summed E-state index contributed by atoms with van der Waals surface area (Å²) in [4.78, 5) is 37.4. The van der Waals surface area contributed by atoms with Crippen molar-refractivity contribution in [2.45, 2.75) is 56.7 Å². The molecule has 0 aliphatic rings. The number of thioether (sulfide) groups is 1. The van der Waals surface area contributed by atoms with E-state index in [-0.39, 0.29) is 55.1 Å². The molecular formula is C21H31ClF3N3O4S. The molecule has 0 heterocycles. The van der Waals surface area contributed by atoms with Gasteiger partial charge in [0.15, 0.2) is 0 Å². The summed E-state index contributed by atoms with van der Waals surface area (Å²) in [5, 5.41) is 5.11. The fourth-order valence-corrected chi connectivity index (χ4v) is 3.48. The molecule has 1 aromatic rings. The maximum absolute atomic E-state index is 12.9. The molecule has 1 unspecified atom stereocenters. The number of carbonyl (C=O) groups is 3. The number of alkyl halides is 3. The molecule has 3 atom stereocenters. The second kappa shape index (κ2) is 15.0. The van der Waals surface area contributed by atoms with Crippen molar-refractivity contribution in [3.63, 3.8) is 0 Å². The van der Waals surface area contributed by atoms with Crippen LogP contribution in [0.3, 0.4) is 0 Å². The van der Waals surface area contributed by atoms with E-state index < -0.39 is 41.4 Å². The van der Waals surface area contributed by atoms with Gasteiger partial charge in [0.2, 0.25) is 11.8 Å². The van der Waals surface area contributed by atoms with Crippen LogP contribution in [0.25, 0.3) is 0 Å². The van der Waals surface area contributed by atoms with E-state index in [9.17, 15) is 27.6 Å². The lowest BCUT2D eigenvalue weighted by Gasteiger charge is -2.24. The highest BCUT2D eigenvalue weighted by Crippen LogP contribution is 2.30. The van der Waals surface area contributed by atoms with E-state index in [4.69, 9.17) is 10.5 Å². The van der Waals surface area contributed by atoms with Crippen molar-refractivity contribution in [1.29, 1.82) is 0 Å². The standard InChI is InChI=1S/C21H30F3N3O4S.ClH/c1-13(2)11-16(26-18(28)15(25)9-10-32-21(22,23)24)19(29)27-17(20(30)31-3)12-14-7-5-4-6-8-14;/h4-8,13,15-17H,9-12,25H2,1-3H3,(H,26,28)(H,27,29);1H/t15?,16-,17-;/m0./s1. The summed E-state index contributed by atoms with van der Waals surface area (Å²) < 4.78 is 41.6. The van der Waals surface area contributed by atoms with E-state index in [1.54, 1.807) is 24.3 Å². The van der Waals surface area contributed by atoms with Gasteiger partial charge in [-0.1, -0.05) is 55.9 Å². The van der Waals surface area contributed by atoms with Crippen molar-refractivity contribution in [1.82, 2.24) is 10.6 Å². The quantitative estimate of drug-likeness (QED) is 0.371. The molecule has 0 radical (unpaired) electrons. The van der Waals surface area contributed by atoms with Crippen molar-refractivity contribution in [3.8, 4) is 0 Å². The molecule has 188 valence electrons. The number of hydrogen-bond donors (Lipinski definition) is 3. The Morgan fingerprint density at radius 1 is 1.06 bits per heavy atom. The summed E-state index contributed by atoms with van der Waals surface area (Å²) >= 11 is -0.261. The Kier molecular flexibility index (Phi) is 14.1. The number of halogens is 4. The van der Waals surface area contributed by atoms with Gasteiger partial charge in [-0.25, -0.2) is 4.79 Å². The highest BCUT2D eigenvalue weighted by atomic mass is 35.5. The van der Waals surface area contributed by atoms with Crippen LogP contribution in [0.4, 0.5) is 13.2 Å². The van der Waals surface area contributed by atoms with Crippen molar-refractivity contribution in [2.24, 2.45) is 11.7 Å². The Hall–Kier alpha value is -1.98. The molecule has 0 fully saturated rings. The van der Waals surface area contributed by atoms with Gasteiger partial charge in [0.1, 0.15) is 12.1 Å². The molecule has 33 heavy (non-hydrogen) atoms. The third-order valence-corrected chi connectivity index (χ3v) is 5.22. The maximum Gasteiger partial charge on any atom is 0.441 e. The molecule has 0 bridgehead atoms. The largest absolute Gasteiger partial charge is 0.467 e. The number of benzene rings is 1. The molecular weight excluding hydrogens is 483 g/mol. The van der Waals surface area contributed by atoms with Crippen LogP contribution in [0.15, 0.2) is 30.3 Å². The first-order valence-electron chi connectivity index (χ1n) is 10.1. The number of esters is 1. The molecule has 0 aliphatic carbocycles. The summed E-state index contributed by atoms with van der Waals surface area (Å²) in [6.45, 7) is 3.68. The summed E-state index contributed by atoms with van der Waals surface area (Å²) in [5.41, 5.74) is 2.10. The zero-order valence-corrected chi connectivity index (χ0v) is 20.3. The predicted molar refractivity (Wildman–Crippen MR) is 124 cm³/mol. The van der Waals surface area contributed by atoms with Crippen LogP contribution in [-0.2, 0) is 25.5 Å². The normalized spacial score (nSPS) is 13.9. The lowest BCUT2D eigenvalue weighted by atomic mass is 10.0. The molecule has 0 aliphatic heterocycles.